The van der Waals surface area contributed by atoms with E-state index in [1.54, 1.807) is 0 Å². The van der Waals surface area contributed by atoms with Gasteiger partial charge in [0.2, 0.25) is 0 Å². The summed E-state index contributed by atoms with van der Waals surface area (Å²) in [5.41, 5.74) is -4.29. The van der Waals surface area contributed by atoms with Gasteiger partial charge in [-0.15, -0.1) is 0 Å². The Labute approximate surface area is 298 Å². The molecule has 0 fully saturated rings. The molecule has 0 atom stereocenters. The van der Waals surface area contributed by atoms with Crippen molar-refractivity contribution >= 4 is 56.9 Å². The highest BCUT2D eigenvalue weighted by atomic mass is 31.2. The molecule has 0 N–H and O–H groups in total. The van der Waals surface area contributed by atoms with Crippen molar-refractivity contribution < 1.29 is 61.8 Å². The highest BCUT2D eigenvalue weighted by molar-refractivity contribution is 7.85. The van der Waals surface area contributed by atoms with Crippen LogP contribution >= 0.6 is 14.3 Å². The zero-order chi connectivity index (χ0) is 39.5. The maximum Gasteiger partial charge on any atom is 0.416 e. The van der Waals surface area contributed by atoms with Gasteiger partial charge in [-0.25, -0.2) is 0 Å². The van der Waals surface area contributed by atoms with Crippen LogP contribution in [0.1, 0.15) is 22.3 Å². The van der Waals surface area contributed by atoms with Crippen molar-refractivity contribution in [2.75, 3.05) is 0 Å². The molecule has 280 valence electrons. The van der Waals surface area contributed by atoms with Gasteiger partial charge in [0, 0.05) is 31.8 Å². The summed E-state index contributed by atoms with van der Waals surface area (Å²) in [6.45, 7) is 0. The fourth-order valence-corrected chi connectivity index (χ4v) is 11.2. The Kier molecular flexibility index (Phi) is 9.72. The molecule has 0 amide bonds. The second-order valence-corrected chi connectivity index (χ2v) is 17.6. The Morgan fingerprint density at radius 3 is 0.685 bits per heavy atom. The Hall–Kier alpha value is -4.80. The number of alkyl halides is 12. The smallest absolute Gasteiger partial charge is 0.309 e. The molecule has 2 nitrogen and oxygen atoms in total. The van der Waals surface area contributed by atoms with E-state index in [4.69, 9.17) is 0 Å². The fourth-order valence-electron chi connectivity index (χ4n) is 5.95. The Morgan fingerprint density at radius 2 is 0.481 bits per heavy atom. The molecule has 0 radical (unpaired) electrons. The molecule has 6 aromatic rings. The number of hydrogen-bond acceptors (Lipinski definition) is 2. The summed E-state index contributed by atoms with van der Waals surface area (Å²) in [4.78, 5) is 0. The third-order valence-corrected chi connectivity index (χ3v) is 14.9. The topological polar surface area (TPSA) is 34.1 Å². The number of benzene rings is 6. The van der Waals surface area contributed by atoms with Gasteiger partial charge in [0.25, 0.3) is 0 Å². The van der Waals surface area contributed by atoms with Crippen LogP contribution < -0.4 is 31.8 Å². The maximum atomic E-state index is 15.1. The van der Waals surface area contributed by atoms with E-state index in [-0.39, 0.29) is 37.2 Å². The first-order valence-corrected chi connectivity index (χ1v) is 18.9. The van der Waals surface area contributed by atoms with Crippen LogP contribution in [0, 0.1) is 0 Å². The largest absolute Gasteiger partial charge is 0.416 e. The van der Waals surface area contributed by atoms with Crippen LogP contribution in [-0.2, 0) is 33.8 Å². The normalized spacial score (nSPS) is 13.3. The third kappa shape index (κ3) is 7.33. The van der Waals surface area contributed by atoms with Crippen LogP contribution in [-0.4, -0.2) is 0 Å². The summed E-state index contributed by atoms with van der Waals surface area (Å²) in [7, 11) is -8.51. The quantitative estimate of drug-likeness (QED) is 0.124. The molecule has 0 saturated heterocycles. The molecule has 0 aliphatic carbocycles. The molecule has 54 heavy (non-hydrogen) atoms. The van der Waals surface area contributed by atoms with Gasteiger partial charge in [-0.3, -0.25) is 0 Å². The summed E-state index contributed by atoms with van der Waals surface area (Å²) < 4.78 is 191. The van der Waals surface area contributed by atoms with Crippen LogP contribution in [0.2, 0.25) is 0 Å². The van der Waals surface area contributed by atoms with Crippen LogP contribution in [0.4, 0.5) is 52.7 Å². The van der Waals surface area contributed by atoms with Crippen LogP contribution in [0.25, 0.3) is 10.8 Å². The fraction of sp³-hybridized carbons (Fsp3) is 0.105. The standard InChI is InChI=1S/C38H22F12O2P2/c39-35(40,41)25-3-13-29(14-4-25)53(51,30-15-5-26(6-16-30)36(42,43)44)33-11-1-23-2-12-34(22-24(23)21-33)54(52,31-17-7-27(8-18-31)37(45,46)47)32-19-9-28(10-20-32)38(48,49)50/h1-22H. The second kappa shape index (κ2) is 13.5. The van der Waals surface area contributed by atoms with Crippen LogP contribution in [0.15, 0.2) is 133 Å². The zero-order valence-corrected chi connectivity index (χ0v) is 28.7. The maximum absolute atomic E-state index is 15.1. The first kappa shape index (κ1) is 38.9. The lowest BCUT2D eigenvalue weighted by atomic mass is 10.1. The van der Waals surface area contributed by atoms with E-state index in [1.165, 1.54) is 36.4 Å². The monoisotopic (exact) mass is 800 g/mol. The molecule has 0 saturated carbocycles. The lowest BCUT2D eigenvalue weighted by molar-refractivity contribution is -0.138. The molecule has 6 aromatic carbocycles. The van der Waals surface area contributed by atoms with Crippen molar-refractivity contribution in [1.82, 2.24) is 0 Å². The highest BCUT2D eigenvalue weighted by Gasteiger charge is 2.38. The average Bonchev–Trinajstić information content (AvgIpc) is 3.12. The van der Waals surface area contributed by atoms with Crippen molar-refractivity contribution in [2.24, 2.45) is 0 Å². The van der Waals surface area contributed by atoms with Crippen LogP contribution in [0.3, 0.4) is 0 Å². The molecule has 0 aliphatic rings. The summed E-state index contributed by atoms with van der Waals surface area (Å²) in [6.07, 6.45) is -19.0. The van der Waals surface area contributed by atoms with Gasteiger partial charge in [0.05, 0.1) is 22.3 Å². The number of rotatable bonds is 6. The summed E-state index contributed by atoms with van der Waals surface area (Å²) in [5.74, 6) is 0. The van der Waals surface area contributed by atoms with Crippen molar-refractivity contribution in [2.45, 2.75) is 24.7 Å². The summed E-state index contributed by atoms with van der Waals surface area (Å²) in [6, 6.07) is 21.3. The van der Waals surface area contributed by atoms with E-state index < -0.39 is 61.2 Å². The predicted octanol–water partition coefficient (Wildman–Crippen LogP) is 10.2. The predicted molar refractivity (Wildman–Crippen MR) is 183 cm³/mol. The molecule has 6 rings (SSSR count). The molecule has 0 heterocycles. The van der Waals surface area contributed by atoms with Crippen molar-refractivity contribution in [3.63, 3.8) is 0 Å². The van der Waals surface area contributed by atoms with Gasteiger partial charge in [0.15, 0.2) is 14.3 Å². The third-order valence-electron chi connectivity index (χ3n) is 8.77. The Bertz CT molecular complexity index is 2120. The Balaban J connectivity index is 1.55. The number of hydrogen-bond donors (Lipinski definition) is 0. The van der Waals surface area contributed by atoms with Gasteiger partial charge < -0.3 is 9.13 Å². The van der Waals surface area contributed by atoms with Crippen molar-refractivity contribution in [3.05, 3.63) is 156 Å². The van der Waals surface area contributed by atoms with E-state index >= 15 is 9.13 Å². The summed E-state index contributed by atoms with van der Waals surface area (Å²) in [5, 5.41) is -0.131. The second-order valence-electron chi connectivity index (χ2n) is 12.1. The van der Waals surface area contributed by atoms with Gasteiger partial charge in [0.1, 0.15) is 0 Å². The minimum Gasteiger partial charge on any atom is -0.309 e. The molecular formula is C38H22F12O2P2. The van der Waals surface area contributed by atoms with Gasteiger partial charge in [-0.2, -0.15) is 52.7 Å². The van der Waals surface area contributed by atoms with E-state index in [0.717, 1.165) is 48.5 Å². The minimum absolute atomic E-state index is 0.0504. The molecule has 0 unspecified atom stereocenters. The van der Waals surface area contributed by atoms with E-state index in [2.05, 4.69) is 0 Å². The molecular weight excluding hydrogens is 778 g/mol. The van der Waals surface area contributed by atoms with Gasteiger partial charge in [-0.1, -0.05) is 72.8 Å². The van der Waals surface area contributed by atoms with E-state index in [1.807, 2.05) is 0 Å². The average molecular weight is 801 g/mol. The SMILES string of the molecule is O=P(c1ccc(C(F)(F)F)cc1)(c1ccc(C(F)(F)F)cc1)c1ccc2ccc(P(=O)(c3ccc(C(F)(F)F)cc3)c3ccc(C(F)(F)F)cc3)cc2c1. The first-order valence-electron chi connectivity index (χ1n) is 15.5. The van der Waals surface area contributed by atoms with E-state index in [9.17, 15) is 52.7 Å². The minimum atomic E-state index is -4.76. The van der Waals surface area contributed by atoms with E-state index in [0.29, 0.717) is 53.9 Å². The molecule has 16 heteroatoms. The van der Waals surface area contributed by atoms with Gasteiger partial charge >= 0.3 is 24.7 Å². The van der Waals surface area contributed by atoms with Crippen molar-refractivity contribution in [1.29, 1.82) is 0 Å². The number of halogens is 12. The molecule has 0 aromatic heterocycles. The lowest BCUT2D eigenvalue weighted by Gasteiger charge is -2.23. The van der Waals surface area contributed by atoms with Gasteiger partial charge in [-0.05, 0) is 71.4 Å². The van der Waals surface area contributed by atoms with Crippen LogP contribution in [0.5, 0.6) is 0 Å². The zero-order valence-electron chi connectivity index (χ0n) is 26.9. The van der Waals surface area contributed by atoms with Crippen molar-refractivity contribution in [3.8, 4) is 0 Å². The lowest BCUT2D eigenvalue weighted by Crippen LogP contribution is -2.27. The molecule has 0 aliphatic heterocycles. The first-order chi connectivity index (χ1) is 25.0. The number of fused-ring (bicyclic) bond motifs is 1. The molecule has 0 bridgehead atoms. The highest BCUT2D eigenvalue weighted by Crippen LogP contribution is 2.47. The summed E-state index contributed by atoms with van der Waals surface area (Å²) >= 11 is 0. The Morgan fingerprint density at radius 1 is 0.278 bits per heavy atom. The molecule has 0 spiro atoms.